The van der Waals surface area contributed by atoms with E-state index in [1.807, 2.05) is 0 Å². The molecular formula is C17H20N2O7S. The second kappa shape index (κ2) is 6.52. The minimum Gasteiger partial charge on any atom is -0.484 e. The maximum absolute atomic E-state index is 12.8. The number of amides is 2. The minimum absolute atomic E-state index is 0.371. The van der Waals surface area contributed by atoms with Crippen molar-refractivity contribution in [2.75, 3.05) is 13.7 Å². The number of nitrogens with zero attached hydrogens (tertiary/aromatic N) is 1. The number of esters is 1. The summed E-state index contributed by atoms with van der Waals surface area (Å²) in [7, 11) is -2.79. The average molecular weight is 396 g/mol. The molecule has 10 heteroatoms. The number of para-hydroxylation sites is 1. The molecule has 2 fully saturated rings. The van der Waals surface area contributed by atoms with Crippen LogP contribution in [0.25, 0.3) is 0 Å². The number of hydrogen-bond donors (Lipinski definition) is 1. The Hall–Kier alpha value is -2.62. The molecule has 3 rings (SSSR count). The third-order valence-corrected chi connectivity index (χ3v) is 7.75. The van der Waals surface area contributed by atoms with Crippen molar-refractivity contribution in [3.63, 3.8) is 0 Å². The Morgan fingerprint density at radius 3 is 2.44 bits per heavy atom. The summed E-state index contributed by atoms with van der Waals surface area (Å²) in [6, 6.07) is 6.08. The molecule has 2 amide bonds. The number of carbonyl (C=O) groups is 3. The van der Waals surface area contributed by atoms with Crippen molar-refractivity contribution in [3.8, 4) is 5.75 Å². The van der Waals surface area contributed by atoms with E-state index in [-0.39, 0.29) is 6.61 Å². The van der Waals surface area contributed by atoms with Gasteiger partial charge in [0.2, 0.25) is 5.91 Å². The second-order valence-corrected chi connectivity index (χ2v) is 9.48. The van der Waals surface area contributed by atoms with Crippen molar-refractivity contribution in [2.24, 2.45) is 0 Å². The smallest absolute Gasteiger partial charge is 0.330 e. The number of rotatable bonds is 5. The number of hydrogen-bond acceptors (Lipinski definition) is 7. The van der Waals surface area contributed by atoms with Gasteiger partial charge in [-0.3, -0.25) is 9.59 Å². The molecule has 146 valence electrons. The fourth-order valence-corrected chi connectivity index (χ4v) is 5.62. The van der Waals surface area contributed by atoms with E-state index in [0.717, 1.165) is 12.0 Å². The SMILES string of the molecule is COC(=O)[C@@H]1N2C(=O)[C@@H](NC(=O)COc3ccccc3)[C@H]2S(=O)(=O)C1(C)C. The van der Waals surface area contributed by atoms with Crippen LogP contribution in [0.4, 0.5) is 0 Å². The van der Waals surface area contributed by atoms with Gasteiger partial charge in [-0.05, 0) is 26.0 Å². The molecule has 0 unspecified atom stereocenters. The van der Waals surface area contributed by atoms with Crippen LogP contribution in [0.1, 0.15) is 13.8 Å². The lowest BCUT2D eigenvalue weighted by Gasteiger charge is -2.42. The zero-order valence-electron chi connectivity index (χ0n) is 15.0. The Morgan fingerprint density at radius 1 is 1.22 bits per heavy atom. The van der Waals surface area contributed by atoms with Crippen LogP contribution >= 0.6 is 0 Å². The van der Waals surface area contributed by atoms with Crippen molar-refractivity contribution in [1.29, 1.82) is 0 Å². The fourth-order valence-electron chi connectivity index (χ4n) is 3.41. The average Bonchev–Trinajstić information content (AvgIpc) is 2.78. The lowest BCUT2D eigenvalue weighted by Crippen LogP contribution is -2.72. The zero-order valence-corrected chi connectivity index (χ0v) is 15.9. The highest BCUT2D eigenvalue weighted by Crippen LogP contribution is 2.46. The number of sulfone groups is 1. The summed E-state index contributed by atoms with van der Waals surface area (Å²) < 4.78 is 34.1. The Balaban J connectivity index is 1.73. The lowest BCUT2D eigenvalue weighted by atomic mass is 9.96. The van der Waals surface area contributed by atoms with Gasteiger partial charge in [0, 0.05) is 0 Å². The molecule has 2 saturated heterocycles. The van der Waals surface area contributed by atoms with Crippen LogP contribution in [0, 0.1) is 0 Å². The molecule has 9 nitrogen and oxygen atoms in total. The summed E-state index contributed by atoms with van der Waals surface area (Å²) in [5.74, 6) is -1.62. The summed E-state index contributed by atoms with van der Waals surface area (Å²) in [5.41, 5.74) is 0. The number of methoxy groups -OCH3 is 1. The minimum atomic E-state index is -3.92. The normalized spacial score (nSPS) is 27.3. The standard InChI is InChI=1S/C17H20N2O7S/c1-17(2)13(16(22)25-3)19-14(21)12(15(19)27(17,23)24)18-11(20)9-26-10-7-5-4-6-8-10/h4-8,12-13,15H,9H2,1-3H3,(H,18,20)/t12-,13+,15-/m1/s1. The highest BCUT2D eigenvalue weighted by molar-refractivity contribution is 7.94. The second-order valence-electron chi connectivity index (χ2n) is 6.86. The first kappa shape index (κ1) is 19.2. The van der Waals surface area contributed by atoms with Gasteiger partial charge in [0.25, 0.3) is 5.91 Å². The van der Waals surface area contributed by atoms with Crippen LogP contribution in [0.5, 0.6) is 5.75 Å². The van der Waals surface area contributed by atoms with Crippen LogP contribution < -0.4 is 10.1 Å². The summed E-state index contributed by atoms with van der Waals surface area (Å²) in [5, 5.41) is 1.09. The number of benzene rings is 1. The van der Waals surface area contributed by atoms with Crippen LogP contribution in [-0.4, -0.2) is 67.0 Å². The van der Waals surface area contributed by atoms with Crippen molar-refractivity contribution < 1.29 is 32.3 Å². The van der Waals surface area contributed by atoms with Crippen molar-refractivity contribution in [3.05, 3.63) is 30.3 Å². The predicted molar refractivity (Wildman–Crippen MR) is 93.3 cm³/mol. The highest BCUT2D eigenvalue weighted by atomic mass is 32.2. The topological polar surface area (TPSA) is 119 Å². The van der Waals surface area contributed by atoms with Crippen LogP contribution in [-0.2, 0) is 29.0 Å². The first-order valence-corrected chi connectivity index (χ1v) is 9.78. The largest absolute Gasteiger partial charge is 0.484 e. The van der Waals surface area contributed by atoms with Crippen molar-refractivity contribution in [2.45, 2.75) is 36.1 Å². The van der Waals surface area contributed by atoms with E-state index in [1.54, 1.807) is 30.3 Å². The summed E-state index contributed by atoms with van der Waals surface area (Å²) >= 11 is 0. The molecule has 3 atom stereocenters. The van der Waals surface area contributed by atoms with E-state index in [0.29, 0.717) is 5.75 Å². The monoisotopic (exact) mass is 396 g/mol. The highest BCUT2D eigenvalue weighted by Gasteiger charge is 2.72. The molecule has 0 aromatic heterocycles. The predicted octanol–water partition coefficient (Wildman–Crippen LogP) is -0.533. The Labute approximate surface area is 156 Å². The van der Waals surface area contributed by atoms with Gasteiger partial charge in [-0.15, -0.1) is 0 Å². The maximum atomic E-state index is 12.8. The van der Waals surface area contributed by atoms with Crippen LogP contribution in [0.3, 0.4) is 0 Å². The van der Waals surface area contributed by atoms with E-state index >= 15 is 0 Å². The quantitative estimate of drug-likeness (QED) is 0.525. The van der Waals surface area contributed by atoms with E-state index < -0.39 is 49.8 Å². The van der Waals surface area contributed by atoms with Gasteiger partial charge in [-0.25, -0.2) is 13.2 Å². The molecule has 0 radical (unpaired) electrons. The Kier molecular flexibility index (Phi) is 4.62. The molecule has 27 heavy (non-hydrogen) atoms. The third kappa shape index (κ3) is 2.84. The van der Waals surface area contributed by atoms with Crippen LogP contribution in [0.2, 0.25) is 0 Å². The van der Waals surface area contributed by atoms with Gasteiger partial charge in [-0.2, -0.15) is 0 Å². The third-order valence-electron chi connectivity index (χ3n) is 4.92. The molecule has 1 N–H and O–H groups in total. The molecule has 1 aromatic carbocycles. The number of ether oxygens (including phenoxy) is 2. The van der Waals surface area contributed by atoms with Crippen molar-refractivity contribution >= 4 is 27.6 Å². The van der Waals surface area contributed by atoms with Gasteiger partial charge < -0.3 is 19.7 Å². The molecular weight excluding hydrogens is 376 g/mol. The van der Waals surface area contributed by atoms with E-state index in [9.17, 15) is 22.8 Å². The molecule has 2 heterocycles. The van der Waals surface area contributed by atoms with E-state index in [1.165, 1.54) is 13.8 Å². The number of β-lactam (4-membered cyclic amide) rings is 1. The van der Waals surface area contributed by atoms with Gasteiger partial charge in [0.05, 0.1) is 7.11 Å². The summed E-state index contributed by atoms with van der Waals surface area (Å²) in [6.07, 6.45) is 0. The van der Waals surface area contributed by atoms with Gasteiger partial charge in [0.15, 0.2) is 21.8 Å². The number of carbonyl (C=O) groups excluding carboxylic acids is 3. The van der Waals surface area contributed by atoms with Gasteiger partial charge in [-0.1, -0.05) is 18.2 Å². The van der Waals surface area contributed by atoms with Crippen LogP contribution in [0.15, 0.2) is 30.3 Å². The van der Waals surface area contributed by atoms with Gasteiger partial charge >= 0.3 is 5.97 Å². The van der Waals surface area contributed by atoms with Crippen molar-refractivity contribution in [1.82, 2.24) is 10.2 Å². The first-order valence-electron chi connectivity index (χ1n) is 8.23. The molecule has 1 aromatic rings. The molecule has 0 saturated carbocycles. The van der Waals surface area contributed by atoms with Gasteiger partial charge in [0.1, 0.15) is 22.6 Å². The summed E-state index contributed by atoms with van der Waals surface area (Å²) in [6.45, 7) is 2.37. The van der Waals surface area contributed by atoms with E-state index in [2.05, 4.69) is 10.1 Å². The molecule has 0 aliphatic carbocycles. The molecule has 2 aliphatic heterocycles. The maximum Gasteiger partial charge on any atom is 0.330 e. The molecule has 0 bridgehead atoms. The Morgan fingerprint density at radius 2 is 1.85 bits per heavy atom. The Bertz CT molecular complexity index is 882. The molecule has 2 aliphatic rings. The number of fused-ring (bicyclic) bond motifs is 1. The fraction of sp³-hybridized carbons (Fsp3) is 0.471. The first-order chi connectivity index (χ1) is 12.6. The zero-order chi connectivity index (χ0) is 20.0. The van der Waals surface area contributed by atoms with E-state index in [4.69, 9.17) is 4.74 Å². The summed E-state index contributed by atoms with van der Waals surface area (Å²) in [4.78, 5) is 37.6. The lowest BCUT2D eigenvalue weighted by molar-refractivity contribution is -0.162. The number of nitrogens with one attached hydrogen (secondary N) is 1. The molecule has 0 spiro atoms.